The molecule has 3 heterocycles. The van der Waals surface area contributed by atoms with E-state index in [4.69, 9.17) is 39.6 Å². The Balaban J connectivity index is 1.23. The molecule has 4 unspecified atom stereocenters. The maximum atomic E-state index is 12.3. The zero-order chi connectivity index (χ0) is 39.4. The van der Waals surface area contributed by atoms with E-state index in [0.717, 1.165) is 5.69 Å². The molecule has 1 saturated heterocycles. The third kappa shape index (κ3) is 13.6. The number of nitrogen functional groups attached to an aromatic ring is 1. The molecule has 0 aliphatic carbocycles. The molecule has 0 saturated carbocycles. The first-order valence-electron chi connectivity index (χ1n) is 15.8. The molecule has 1 aromatic carbocycles. The minimum Gasteiger partial charge on any atom is -0.491 e. The molecule has 1 aliphatic rings. The number of azide groups is 1. The number of carbonyl (C=O) groups is 1. The van der Waals surface area contributed by atoms with E-state index in [1.54, 1.807) is 29.9 Å². The maximum Gasteiger partial charge on any atom is 0.488 e. The lowest BCUT2D eigenvalue weighted by molar-refractivity contribution is -0.126. The number of amides is 1. The van der Waals surface area contributed by atoms with E-state index in [1.165, 1.54) is 6.33 Å². The summed E-state index contributed by atoms with van der Waals surface area (Å²) in [5.74, 6) is 6.00. The van der Waals surface area contributed by atoms with Gasteiger partial charge < -0.3 is 54.6 Å². The second-order valence-electron chi connectivity index (χ2n) is 11.1. The molecule has 1 aliphatic heterocycles. The Morgan fingerprint density at radius 2 is 1.93 bits per heavy atom. The Morgan fingerprint density at radius 3 is 2.63 bits per heavy atom. The van der Waals surface area contributed by atoms with Gasteiger partial charge in [0.05, 0.1) is 43.4 Å². The number of hydrogen-bond acceptors (Lipinski definition) is 16. The first-order chi connectivity index (χ1) is 25.6. The van der Waals surface area contributed by atoms with Gasteiger partial charge in [0.1, 0.15) is 43.0 Å². The summed E-state index contributed by atoms with van der Waals surface area (Å²) in [4.78, 5) is 51.7. The molecule has 23 nitrogen and oxygen atoms in total. The number of benzene rings is 1. The second-order valence-corrected chi connectivity index (χ2v) is 16.2. The molecular weight excluding hydrogens is 779 g/mol. The van der Waals surface area contributed by atoms with Crippen LogP contribution in [0.2, 0.25) is 0 Å². The fourth-order valence-electron chi connectivity index (χ4n) is 4.77. The SMILES string of the molecule is CNc1ccc(OCC(N=[N+]=[N-])OCCOCC(=O)NCC#Cc2cn([C@H]3CC[C@@H](COP(=O)(O)OP(=O)(O)OP(C)(=O)O)O3)c3ncnc(N)c23)cc1. The Hall–Kier alpha value is -4.09. The number of fused-ring (bicyclic) bond motifs is 1. The number of nitrogens with one attached hydrogen (secondary N) is 2. The number of nitrogens with two attached hydrogens (primary N) is 1. The number of carbonyl (C=O) groups excluding carboxylic acids is 1. The summed E-state index contributed by atoms with van der Waals surface area (Å²) in [6, 6.07) is 7.15. The van der Waals surface area contributed by atoms with E-state index in [0.29, 0.717) is 41.9 Å². The summed E-state index contributed by atoms with van der Waals surface area (Å²) >= 11 is 0. The van der Waals surface area contributed by atoms with Crippen LogP contribution in [0.15, 0.2) is 41.9 Å². The molecular formula is C28H38N9O14P3. The summed E-state index contributed by atoms with van der Waals surface area (Å²) in [5, 5.41) is 9.57. The molecule has 7 N–H and O–H groups in total. The van der Waals surface area contributed by atoms with Gasteiger partial charge in [-0.15, -0.1) is 0 Å². The Morgan fingerprint density at radius 1 is 1.17 bits per heavy atom. The normalized spacial score (nSPS) is 19.3. The van der Waals surface area contributed by atoms with Crippen molar-refractivity contribution in [2.24, 2.45) is 5.11 Å². The number of nitrogens with zero attached hydrogens (tertiary/aromatic N) is 6. The van der Waals surface area contributed by atoms with Crippen LogP contribution in [-0.4, -0.2) is 101 Å². The average molecular weight is 818 g/mol. The van der Waals surface area contributed by atoms with Gasteiger partial charge in [-0.05, 0) is 42.6 Å². The first kappa shape index (κ1) is 42.6. The monoisotopic (exact) mass is 817 g/mol. The van der Waals surface area contributed by atoms with Crippen LogP contribution in [0.1, 0.15) is 24.6 Å². The predicted octanol–water partition coefficient (Wildman–Crippen LogP) is 3.01. The van der Waals surface area contributed by atoms with Crippen LogP contribution < -0.4 is 21.1 Å². The Labute approximate surface area is 307 Å². The largest absolute Gasteiger partial charge is 0.491 e. The maximum absolute atomic E-state index is 12.3. The van der Waals surface area contributed by atoms with Crippen molar-refractivity contribution >= 4 is 51.7 Å². The van der Waals surface area contributed by atoms with Crippen molar-refractivity contribution in [2.45, 2.75) is 31.4 Å². The summed E-state index contributed by atoms with van der Waals surface area (Å²) in [5.41, 5.74) is 16.6. The fourth-order valence-corrected chi connectivity index (χ4v) is 8.28. The van der Waals surface area contributed by atoms with Gasteiger partial charge in [-0.25, -0.2) is 23.4 Å². The van der Waals surface area contributed by atoms with E-state index in [-0.39, 0.29) is 38.8 Å². The molecule has 4 rings (SSSR count). The predicted molar refractivity (Wildman–Crippen MR) is 190 cm³/mol. The fraction of sp³-hybridized carbons (Fsp3) is 0.464. The van der Waals surface area contributed by atoms with E-state index < -0.39 is 54.3 Å². The van der Waals surface area contributed by atoms with Gasteiger partial charge in [-0.3, -0.25) is 13.9 Å². The molecule has 1 amide bonds. The van der Waals surface area contributed by atoms with Crippen molar-refractivity contribution in [3.05, 3.63) is 52.8 Å². The lowest BCUT2D eigenvalue weighted by Crippen LogP contribution is -2.29. The smallest absolute Gasteiger partial charge is 0.488 e. The molecule has 3 aromatic rings. The molecule has 0 radical (unpaired) electrons. The second kappa shape index (κ2) is 19.5. The summed E-state index contributed by atoms with van der Waals surface area (Å²) in [7, 11) is -13.4. The molecule has 0 spiro atoms. The molecule has 26 heteroatoms. The van der Waals surface area contributed by atoms with E-state index in [1.807, 2.05) is 12.1 Å². The van der Waals surface area contributed by atoms with Crippen LogP contribution >= 0.6 is 23.2 Å². The van der Waals surface area contributed by atoms with Crippen LogP contribution in [0.3, 0.4) is 0 Å². The van der Waals surface area contributed by atoms with Crippen molar-refractivity contribution in [1.82, 2.24) is 19.9 Å². The summed E-state index contributed by atoms with van der Waals surface area (Å²) in [6.45, 7) is -0.272. The minimum absolute atomic E-state index is 0.0271. The number of anilines is 2. The number of phosphoric ester groups is 1. The van der Waals surface area contributed by atoms with E-state index >= 15 is 0 Å². The first-order valence-corrected chi connectivity index (χ1v) is 20.8. The minimum atomic E-state index is -5.41. The summed E-state index contributed by atoms with van der Waals surface area (Å²) < 4.78 is 71.9. The Bertz CT molecular complexity index is 2010. The van der Waals surface area contributed by atoms with E-state index in [9.17, 15) is 28.3 Å². The molecule has 1 fully saturated rings. The molecule has 2 aromatic heterocycles. The zero-order valence-electron chi connectivity index (χ0n) is 28.8. The van der Waals surface area contributed by atoms with Crippen LogP contribution in [0, 0.1) is 11.8 Å². The van der Waals surface area contributed by atoms with Gasteiger partial charge >= 0.3 is 23.2 Å². The average Bonchev–Trinajstić information content (AvgIpc) is 3.72. The third-order valence-electron chi connectivity index (χ3n) is 7.00. The zero-order valence-corrected chi connectivity index (χ0v) is 31.5. The number of aromatic nitrogens is 3. The quantitative estimate of drug-likeness (QED) is 0.0238. The summed E-state index contributed by atoms with van der Waals surface area (Å²) in [6.07, 6.45) is 1.20. The van der Waals surface area contributed by atoms with Gasteiger partial charge in [0.25, 0.3) is 0 Å². The number of rotatable bonds is 20. The highest BCUT2D eigenvalue weighted by molar-refractivity contribution is 7.68. The third-order valence-corrected chi connectivity index (χ3v) is 11.2. The van der Waals surface area contributed by atoms with Crippen LogP contribution in [0.5, 0.6) is 5.75 Å². The lowest BCUT2D eigenvalue weighted by Gasteiger charge is -2.19. The van der Waals surface area contributed by atoms with Crippen molar-refractivity contribution in [2.75, 3.05) is 64.3 Å². The highest BCUT2D eigenvalue weighted by Crippen LogP contribution is 2.66. The van der Waals surface area contributed by atoms with Gasteiger partial charge in [0.15, 0.2) is 6.23 Å². The molecule has 294 valence electrons. The van der Waals surface area contributed by atoms with Gasteiger partial charge in [0, 0.05) is 30.5 Å². The number of hydrogen-bond donors (Lipinski definition) is 6. The topological polar surface area (TPSA) is 323 Å². The van der Waals surface area contributed by atoms with E-state index in [2.05, 4.69) is 51.1 Å². The van der Waals surface area contributed by atoms with Gasteiger partial charge in [-0.1, -0.05) is 17.0 Å². The molecule has 0 bridgehead atoms. The van der Waals surface area contributed by atoms with Crippen molar-refractivity contribution < 1.29 is 65.3 Å². The lowest BCUT2D eigenvalue weighted by atomic mass is 10.2. The van der Waals surface area contributed by atoms with Crippen LogP contribution in [-0.2, 0) is 45.8 Å². The standard InChI is InChI=1S/C28H38N9O14P3/c1-31-20-5-7-21(8-6-20)47-17-24(35-36-30)46-13-12-45-16-23(38)32-11-3-4-19-14-37(28-26(19)27(29)33-18-34-28)25-10-9-22(49-25)15-48-53(41,42)51-54(43,44)50-52(2,39)40/h5-8,14,18,22,24-25,31H,9-13,15-17H2,1-2H3,(H,32,38)(H,39,40)(H,41,42)(H,43,44)(H2,29,33,34)/t22-,24?,25+/m0/s1. The number of phosphoric acid groups is 2. The van der Waals surface area contributed by atoms with Crippen LogP contribution in [0.25, 0.3) is 21.5 Å². The highest BCUT2D eigenvalue weighted by Gasteiger charge is 2.40. The molecule has 6 atom stereocenters. The van der Waals surface area contributed by atoms with Gasteiger partial charge in [-0.2, -0.15) is 4.31 Å². The Kier molecular flexibility index (Phi) is 15.4. The van der Waals surface area contributed by atoms with Gasteiger partial charge in [0.2, 0.25) is 5.91 Å². The number of ether oxygens (including phenoxy) is 4. The molecule has 54 heavy (non-hydrogen) atoms. The van der Waals surface area contributed by atoms with Crippen LogP contribution in [0.4, 0.5) is 11.5 Å². The van der Waals surface area contributed by atoms with Crippen molar-refractivity contribution in [1.29, 1.82) is 0 Å². The highest BCUT2D eigenvalue weighted by atomic mass is 31.3. The van der Waals surface area contributed by atoms with Crippen molar-refractivity contribution in [3.63, 3.8) is 0 Å². The van der Waals surface area contributed by atoms with Crippen molar-refractivity contribution in [3.8, 4) is 17.6 Å².